The summed E-state index contributed by atoms with van der Waals surface area (Å²) in [6, 6.07) is 3.40. The van der Waals surface area contributed by atoms with Crippen molar-refractivity contribution < 1.29 is 35.5 Å². The Balaban J connectivity index is 1.64. The van der Waals surface area contributed by atoms with Gasteiger partial charge in [-0.1, -0.05) is 18.2 Å². The highest BCUT2D eigenvalue weighted by molar-refractivity contribution is 7.89. The smallest absolute Gasteiger partial charge is 0.416 e. The maximum absolute atomic E-state index is 13.5. The first-order valence-electron chi connectivity index (χ1n) is 10.0. The maximum atomic E-state index is 13.5. The lowest BCUT2D eigenvalue weighted by molar-refractivity contribution is -0.0887. The largest absolute Gasteiger partial charge is 0.492 e. The van der Waals surface area contributed by atoms with Crippen molar-refractivity contribution in [1.29, 1.82) is 0 Å². The van der Waals surface area contributed by atoms with Crippen LogP contribution in [-0.2, 0) is 10.0 Å². The van der Waals surface area contributed by atoms with Gasteiger partial charge in [-0.25, -0.2) is 13.4 Å². The number of allylic oxidation sites excluding steroid dienone is 2. The molecule has 1 aliphatic carbocycles. The third kappa shape index (κ3) is 4.67. The first-order chi connectivity index (χ1) is 15.6. The molecule has 1 atom stereocenters. The number of rotatable bonds is 3. The summed E-state index contributed by atoms with van der Waals surface area (Å²) in [6.07, 6.45) is 0.0250. The van der Waals surface area contributed by atoms with Gasteiger partial charge in [0, 0.05) is 18.3 Å². The number of alkyl halides is 3. The van der Waals surface area contributed by atoms with Crippen molar-refractivity contribution in [3.05, 3.63) is 59.8 Å². The van der Waals surface area contributed by atoms with E-state index in [2.05, 4.69) is 10.3 Å². The molecule has 2 aromatic rings. The van der Waals surface area contributed by atoms with Crippen LogP contribution in [0.5, 0.6) is 5.75 Å². The second-order valence-electron chi connectivity index (χ2n) is 7.52. The van der Waals surface area contributed by atoms with E-state index in [1.165, 1.54) is 28.6 Å². The number of anilines is 1. The average Bonchev–Trinajstić information content (AvgIpc) is 3.19. The molecule has 1 amide bonds. The van der Waals surface area contributed by atoms with Crippen LogP contribution >= 0.6 is 0 Å². The minimum Gasteiger partial charge on any atom is -0.492 e. The zero-order valence-electron chi connectivity index (χ0n) is 17.4. The highest BCUT2D eigenvalue weighted by atomic mass is 32.2. The summed E-state index contributed by atoms with van der Waals surface area (Å²) < 4.78 is 77.6. The Morgan fingerprint density at radius 2 is 2.09 bits per heavy atom. The van der Waals surface area contributed by atoms with E-state index in [4.69, 9.17) is 9.15 Å². The van der Waals surface area contributed by atoms with Crippen molar-refractivity contribution in [1.82, 2.24) is 9.29 Å². The Morgan fingerprint density at radius 1 is 1.30 bits per heavy atom. The fourth-order valence-electron chi connectivity index (χ4n) is 3.64. The second-order valence-corrected chi connectivity index (χ2v) is 9.38. The van der Waals surface area contributed by atoms with E-state index in [0.29, 0.717) is 12.1 Å². The molecule has 0 saturated carbocycles. The van der Waals surface area contributed by atoms with Gasteiger partial charge in [-0.2, -0.15) is 17.5 Å². The van der Waals surface area contributed by atoms with Gasteiger partial charge in [-0.3, -0.25) is 4.79 Å². The lowest BCUT2D eigenvalue weighted by atomic mass is 10.0. The molecular weight excluding hydrogens is 463 g/mol. The summed E-state index contributed by atoms with van der Waals surface area (Å²) in [7, 11) is -4.16. The van der Waals surface area contributed by atoms with Gasteiger partial charge in [0.25, 0.3) is 5.91 Å². The van der Waals surface area contributed by atoms with E-state index in [1.807, 2.05) is 0 Å². The van der Waals surface area contributed by atoms with Crippen molar-refractivity contribution >= 4 is 21.6 Å². The number of carbonyl (C=O) groups excluding carboxylic acids is 1. The van der Waals surface area contributed by atoms with Crippen molar-refractivity contribution in [3.8, 4) is 5.75 Å². The summed E-state index contributed by atoms with van der Waals surface area (Å²) >= 11 is 0. The first kappa shape index (κ1) is 23.1. The summed E-state index contributed by atoms with van der Waals surface area (Å²) in [6.45, 7) is 1.88. The van der Waals surface area contributed by atoms with Gasteiger partial charge in [0.05, 0.1) is 17.9 Å². The summed E-state index contributed by atoms with van der Waals surface area (Å²) in [5.74, 6) is -0.520. The fraction of sp³-hybridized carbons (Fsp3) is 0.333. The van der Waals surface area contributed by atoms with Gasteiger partial charge < -0.3 is 14.5 Å². The minimum atomic E-state index is -4.49. The normalized spacial score (nSPS) is 20.7. The number of aromatic nitrogens is 1. The zero-order chi connectivity index (χ0) is 23.8. The highest BCUT2D eigenvalue weighted by Crippen LogP contribution is 2.36. The summed E-state index contributed by atoms with van der Waals surface area (Å²) in [5.41, 5.74) is -0.253. The predicted octanol–water partition coefficient (Wildman–Crippen LogP) is 3.83. The molecule has 0 bridgehead atoms. The minimum absolute atomic E-state index is 0.0120. The molecule has 0 saturated heterocycles. The number of sulfonamides is 1. The number of fused-ring (bicyclic) bond motifs is 1. The molecule has 176 valence electrons. The average molecular weight is 483 g/mol. The standard InChI is InChI=1S/C21H20F3N3O5S/c1-13-19(32-12-25-13)20(28)26-15-5-8-17-18(11-15)33(29,30)27(9-2-10-31-17)16-6-3-14(4-7-16)21(22,23)24/h3-6,8,11-12,16H,2,7,9-10H2,1H3,(H,26,28). The molecule has 12 heteroatoms. The van der Waals surface area contributed by atoms with E-state index >= 15 is 0 Å². The van der Waals surface area contributed by atoms with Crippen molar-refractivity contribution in [3.63, 3.8) is 0 Å². The van der Waals surface area contributed by atoms with Crippen LogP contribution in [0.25, 0.3) is 0 Å². The predicted molar refractivity (Wildman–Crippen MR) is 111 cm³/mol. The number of hydrogen-bond acceptors (Lipinski definition) is 6. The fourth-order valence-corrected chi connectivity index (χ4v) is 5.43. The molecule has 1 unspecified atom stereocenters. The summed E-state index contributed by atoms with van der Waals surface area (Å²) in [5, 5.41) is 2.57. The molecule has 1 N–H and O–H groups in total. The van der Waals surface area contributed by atoms with Crippen molar-refractivity contribution in [2.75, 3.05) is 18.5 Å². The molecule has 4 rings (SSSR count). The number of aryl methyl sites for hydroxylation is 1. The molecule has 0 spiro atoms. The molecule has 33 heavy (non-hydrogen) atoms. The van der Waals surface area contributed by atoms with Crippen LogP contribution < -0.4 is 10.1 Å². The van der Waals surface area contributed by atoms with Crippen LogP contribution in [-0.4, -0.2) is 49.0 Å². The number of oxazole rings is 1. The first-order valence-corrected chi connectivity index (χ1v) is 11.5. The molecule has 1 aliphatic heterocycles. The third-order valence-electron chi connectivity index (χ3n) is 5.29. The zero-order valence-corrected chi connectivity index (χ0v) is 18.2. The van der Waals surface area contributed by atoms with Gasteiger partial charge in [0.1, 0.15) is 10.6 Å². The van der Waals surface area contributed by atoms with Gasteiger partial charge in [0.15, 0.2) is 6.39 Å². The van der Waals surface area contributed by atoms with E-state index in [1.54, 1.807) is 6.92 Å². The second kappa shape index (κ2) is 8.67. The number of benzene rings is 1. The number of nitrogens with one attached hydrogen (secondary N) is 1. The molecule has 1 aromatic heterocycles. The number of ether oxygens (including phenoxy) is 1. The molecule has 0 radical (unpaired) electrons. The van der Waals surface area contributed by atoms with Crippen LogP contribution in [0.4, 0.5) is 18.9 Å². The molecule has 0 fully saturated rings. The quantitative estimate of drug-likeness (QED) is 0.712. The van der Waals surface area contributed by atoms with Gasteiger partial charge >= 0.3 is 6.18 Å². The number of amides is 1. The molecule has 1 aromatic carbocycles. The lowest BCUT2D eigenvalue weighted by Crippen LogP contribution is -2.42. The van der Waals surface area contributed by atoms with E-state index in [0.717, 1.165) is 18.5 Å². The van der Waals surface area contributed by atoms with Gasteiger partial charge in [-0.05, 0) is 38.0 Å². The Bertz CT molecular complexity index is 1230. The van der Waals surface area contributed by atoms with Crippen molar-refractivity contribution in [2.45, 2.75) is 36.9 Å². The SMILES string of the molecule is Cc1ncoc1C(=O)Nc1ccc2c(c1)S(=O)(=O)N(C1C=CC(C(F)(F)F)=CC1)CCCO2. The maximum Gasteiger partial charge on any atom is 0.416 e. The number of hydrogen-bond donors (Lipinski definition) is 1. The van der Waals surface area contributed by atoms with Gasteiger partial charge in [0.2, 0.25) is 15.8 Å². The Labute approximate surface area is 187 Å². The molecule has 8 nitrogen and oxygen atoms in total. The van der Waals surface area contributed by atoms with Gasteiger partial charge in [-0.15, -0.1) is 0 Å². The topological polar surface area (TPSA) is 102 Å². The third-order valence-corrected chi connectivity index (χ3v) is 7.24. The molecule has 2 aliphatic rings. The lowest BCUT2D eigenvalue weighted by Gasteiger charge is -2.32. The Hall–Kier alpha value is -3.12. The number of halogens is 3. The van der Waals surface area contributed by atoms with Crippen LogP contribution in [0, 0.1) is 6.92 Å². The van der Waals surface area contributed by atoms with Crippen LogP contribution in [0.15, 0.2) is 57.7 Å². The number of carbonyl (C=O) groups is 1. The van der Waals surface area contributed by atoms with E-state index in [9.17, 15) is 26.4 Å². The van der Waals surface area contributed by atoms with E-state index < -0.39 is 33.7 Å². The van der Waals surface area contributed by atoms with E-state index in [-0.39, 0.29) is 41.7 Å². The van der Waals surface area contributed by atoms with Crippen molar-refractivity contribution in [2.24, 2.45) is 0 Å². The van der Waals surface area contributed by atoms with Crippen LogP contribution in [0.1, 0.15) is 29.1 Å². The van der Waals surface area contributed by atoms with Crippen LogP contribution in [0.2, 0.25) is 0 Å². The Kier molecular flexibility index (Phi) is 6.06. The number of nitrogens with zero attached hydrogens (tertiary/aromatic N) is 2. The monoisotopic (exact) mass is 483 g/mol. The Morgan fingerprint density at radius 3 is 2.73 bits per heavy atom. The highest BCUT2D eigenvalue weighted by Gasteiger charge is 2.37. The molecular formula is C21H20F3N3O5S. The molecule has 2 heterocycles. The van der Waals surface area contributed by atoms with Crippen LogP contribution in [0.3, 0.4) is 0 Å². The summed E-state index contributed by atoms with van der Waals surface area (Å²) in [4.78, 5) is 16.1.